The zero-order valence-corrected chi connectivity index (χ0v) is 9.18. The number of carbonyl (C=O) groups excluding carboxylic acids is 1. The number of aryl methyl sites for hydroxylation is 1. The van der Waals surface area contributed by atoms with Crippen molar-refractivity contribution >= 4 is 22.9 Å². The van der Waals surface area contributed by atoms with E-state index in [9.17, 15) is 4.79 Å². The van der Waals surface area contributed by atoms with Gasteiger partial charge in [-0.25, -0.2) is 4.98 Å². The van der Waals surface area contributed by atoms with Crippen molar-refractivity contribution in [2.24, 2.45) is 0 Å². The van der Waals surface area contributed by atoms with E-state index >= 15 is 0 Å². The van der Waals surface area contributed by atoms with Crippen molar-refractivity contribution in [3.05, 3.63) is 24.3 Å². The average molecular weight is 215 g/mol. The van der Waals surface area contributed by atoms with Crippen LogP contribution in [-0.4, -0.2) is 22.0 Å². The van der Waals surface area contributed by atoms with Gasteiger partial charge in [-0.3, -0.25) is 9.69 Å². The van der Waals surface area contributed by atoms with E-state index < -0.39 is 0 Å². The minimum atomic E-state index is 0.0660. The van der Waals surface area contributed by atoms with Gasteiger partial charge in [0.25, 0.3) is 0 Å². The van der Waals surface area contributed by atoms with Crippen molar-refractivity contribution in [2.75, 3.05) is 11.4 Å². The normalized spacial score (nSPS) is 15.2. The second-order valence-electron chi connectivity index (χ2n) is 4.08. The van der Waals surface area contributed by atoms with E-state index in [1.165, 1.54) is 0 Å². The largest absolute Gasteiger partial charge is 0.310 e. The van der Waals surface area contributed by atoms with Crippen LogP contribution in [0.1, 0.15) is 13.3 Å². The number of imidazole rings is 1. The third-order valence-corrected chi connectivity index (χ3v) is 3.02. The van der Waals surface area contributed by atoms with Crippen LogP contribution in [0.3, 0.4) is 0 Å². The van der Waals surface area contributed by atoms with Gasteiger partial charge in [0.05, 0.1) is 11.0 Å². The molecule has 0 fully saturated rings. The number of hydrogen-bond acceptors (Lipinski definition) is 2. The standard InChI is InChI=1S/C12H13N3O/c1-9(16)14-7-4-8-15-11-6-3-2-5-10(11)13-12(14)15/h2-3,5-6H,4,7-8H2,1H3. The van der Waals surface area contributed by atoms with Crippen LogP contribution in [0, 0.1) is 0 Å². The topological polar surface area (TPSA) is 38.1 Å². The number of para-hydroxylation sites is 2. The number of amides is 1. The van der Waals surface area contributed by atoms with Gasteiger partial charge in [0, 0.05) is 20.0 Å². The Morgan fingerprint density at radius 1 is 1.31 bits per heavy atom. The monoisotopic (exact) mass is 215 g/mol. The Hall–Kier alpha value is -1.84. The first-order chi connectivity index (χ1) is 7.77. The Kier molecular flexibility index (Phi) is 1.96. The highest BCUT2D eigenvalue weighted by Gasteiger charge is 2.23. The van der Waals surface area contributed by atoms with Crippen molar-refractivity contribution < 1.29 is 4.79 Å². The van der Waals surface area contributed by atoms with Gasteiger partial charge in [-0.05, 0) is 18.6 Å². The predicted octanol–water partition coefficient (Wildman–Crippen LogP) is 1.79. The Balaban J connectivity index is 2.25. The summed E-state index contributed by atoms with van der Waals surface area (Å²) in [6.07, 6.45) is 0.993. The highest BCUT2D eigenvalue weighted by molar-refractivity contribution is 5.92. The summed E-state index contributed by atoms with van der Waals surface area (Å²) in [6.45, 7) is 3.31. The summed E-state index contributed by atoms with van der Waals surface area (Å²) in [7, 11) is 0. The SMILES string of the molecule is CC(=O)N1CCCn2c1nc1ccccc12. The predicted molar refractivity (Wildman–Crippen MR) is 62.4 cm³/mol. The number of carbonyl (C=O) groups is 1. The molecule has 0 atom stereocenters. The summed E-state index contributed by atoms with van der Waals surface area (Å²) in [5.74, 6) is 0.858. The highest BCUT2D eigenvalue weighted by atomic mass is 16.2. The fourth-order valence-electron chi connectivity index (χ4n) is 2.27. The number of anilines is 1. The van der Waals surface area contributed by atoms with Crippen LogP contribution in [0.4, 0.5) is 5.95 Å². The summed E-state index contributed by atoms with van der Waals surface area (Å²) in [4.78, 5) is 17.8. The lowest BCUT2D eigenvalue weighted by Gasteiger charge is -2.26. The molecular formula is C12H13N3O. The number of nitrogens with zero attached hydrogens (tertiary/aromatic N) is 3. The maximum Gasteiger partial charge on any atom is 0.226 e. The number of hydrogen-bond donors (Lipinski definition) is 0. The molecule has 0 bridgehead atoms. The molecule has 1 aliphatic heterocycles. The molecule has 4 nitrogen and oxygen atoms in total. The van der Waals surface area contributed by atoms with E-state index in [2.05, 4.69) is 15.6 Å². The molecule has 0 aliphatic carbocycles. The molecule has 2 heterocycles. The van der Waals surface area contributed by atoms with E-state index in [1.807, 2.05) is 18.2 Å². The van der Waals surface area contributed by atoms with Gasteiger partial charge in [0.15, 0.2) is 0 Å². The third-order valence-electron chi connectivity index (χ3n) is 3.02. The zero-order valence-electron chi connectivity index (χ0n) is 9.18. The van der Waals surface area contributed by atoms with Crippen LogP contribution in [0.5, 0.6) is 0 Å². The molecule has 1 aromatic heterocycles. The van der Waals surface area contributed by atoms with Crippen molar-refractivity contribution in [3.8, 4) is 0 Å². The molecule has 2 aromatic rings. The summed E-state index contributed by atoms with van der Waals surface area (Å²) in [6, 6.07) is 8.01. The van der Waals surface area contributed by atoms with Gasteiger partial charge in [-0.15, -0.1) is 0 Å². The van der Waals surface area contributed by atoms with E-state index in [0.717, 1.165) is 36.5 Å². The number of rotatable bonds is 0. The van der Waals surface area contributed by atoms with Crippen LogP contribution in [-0.2, 0) is 11.3 Å². The minimum absolute atomic E-state index is 0.0660. The van der Waals surface area contributed by atoms with Crippen LogP contribution < -0.4 is 4.90 Å². The summed E-state index contributed by atoms with van der Waals surface area (Å²) in [5, 5.41) is 0. The number of fused-ring (bicyclic) bond motifs is 3. The quantitative estimate of drug-likeness (QED) is 0.672. The first kappa shape index (κ1) is 9.39. The average Bonchev–Trinajstić information content (AvgIpc) is 2.67. The van der Waals surface area contributed by atoms with E-state index in [-0.39, 0.29) is 5.91 Å². The molecule has 16 heavy (non-hydrogen) atoms. The lowest BCUT2D eigenvalue weighted by molar-refractivity contribution is -0.116. The second-order valence-corrected chi connectivity index (χ2v) is 4.08. The van der Waals surface area contributed by atoms with Crippen LogP contribution in [0.2, 0.25) is 0 Å². The summed E-state index contributed by atoms with van der Waals surface area (Å²) >= 11 is 0. The lowest BCUT2D eigenvalue weighted by atomic mass is 10.3. The van der Waals surface area contributed by atoms with Gasteiger partial charge in [0.1, 0.15) is 0 Å². The molecule has 0 spiro atoms. The molecule has 1 amide bonds. The van der Waals surface area contributed by atoms with Gasteiger partial charge in [-0.1, -0.05) is 12.1 Å². The second kappa shape index (κ2) is 3.33. The first-order valence-electron chi connectivity index (χ1n) is 5.51. The third kappa shape index (κ3) is 1.23. The minimum Gasteiger partial charge on any atom is -0.310 e. The Morgan fingerprint density at radius 3 is 2.94 bits per heavy atom. The van der Waals surface area contributed by atoms with Crippen molar-refractivity contribution in [3.63, 3.8) is 0 Å². The fraction of sp³-hybridized carbons (Fsp3) is 0.333. The molecule has 0 unspecified atom stereocenters. The van der Waals surface area contributed by atoms with Crippen molar-refractivity contribution in [1.29, 1.82) is 0 Å². The maximum atomic E-state index is 11.5. The van der Waals surface area contributed by atoms with Gasteiger partial charge in [0.2, 0.25) is 11.9 Å². The van der Waals surface area contributed by atoms with Crippen molar-refractivity contribution in [1.82, 2.24) is 9.55 Å². The molecule has 4 heteroatoms. The molecule has 3 rings (SSSR count). The van der Waals surface area contributed by atoms with E-state index in [4.69, 9.17) is 0 Å². The summed E-state index contributed by atoms with van der Waals surface area (Å²) < 4.78 is 2.13. The Labute approximate surface area is 93.5 Å². The highest BCUT2D eigenvalue weighted by Crippen LogP contribution is 2.26. The van der Waals surface area contributed by atoms with Gasteiger partial charge >= 0.3 is 0 Å². The van der Waals surface area contributed by atoms with Gasteiger partial charge in [-0.2, -0.15) is 0 Å². The molecular weight excluding hydrogens is 202 g/mol. The molecule has 1 aliphatic rings. The van der Waals surface area contributed by atoms with E-state index in [1.54, 1.807) is 11.8 Å². The van der Waals surface area contributed by atoms with Crippen LogP contribution in [0.25, 0.3) is 11.0 Å². The van der Waals surface area contributed by atoms with Crippen LogP contribution >= 0.6 is 0 Å². The molecule has 0 saturated heterocycles. The molecule has 0 N–H and O–H groups in total. The smallest absolute Gasteiger partial charge is 0.226 e. The summed E-state index contributed by atoms with van der Waals surface area (Å²) in [5.41, 5.74) is 2.08. The fourth-order valence-corrected chi connectivity index (χ4v) is 2.27. The maximum absolute atomic E-state index is 11.5. The van der Waals surface area contributed by atoms with Crippen LogP contribution in [0.15, 0.2) is 24.3 Å². The molecule has 0 saturated carbocycles. The van der Waals surface area contributed by atoms with Crippen molar-refractivity contribution in [2.45, 2.75) is 19.9 Å². The molecule has 82 valence electrons. The molecule has 0 radical (unpaired) electrons. The van der Waals surface area contributed by atoms with Gasteiger partial charge < -0.3 is 4.57 Å². The zero-order chi connectivity index (χ0) is 11.1. The molecule has 1 aromatic carbocycles. The van der Waals surface area contributed by atoms with E-state index in [0.29, 0.717) is 0 Å². The first-order valence-corrected chi connectivity index (χ1v) is 5.51. The lowest BCUT2D eigenvalue weighted by Crippen LogP contribution is -2.36. The number of aromatic nitrogens is 2. The Morgan fingerprint density at radius 2 is 2.12 bits per heavy atom. The Bertz CT molecular complexity index is 558. The number of benzene rings is 1.